The van der Waals surface area contributed by atoms with Crippen LogP contribution >= 0.6 is 11.3 Å². The maximum Gasteiger partial charge on any atom is 0.269 e. The fourth-order valence-electron chi connectivity index (χ4n) is 3.07. The summed E-state index contributed by atoms with van der Waals surface area (Å²) in [4.78, 5) is 21.3. The number of nitrogens with zero attached hydrogens (tertiary/aromatic N) is 3. The summed E-state index contributed by atoms with van der Waals surface area (Å²) in [5, 5.41) is 11.7. The van der Waals surface area contributed by atoms with Crippen LogP contribution in [0.1, 0.15) is 23.8 Å². The van der Waals surface area contributed by atoms with Crippen molar-refractivity contribution in [2.45, 2.75) is 26.2 Å². The minimum Gasteiger partial charge on any atom is -0.438 e. The Bertz CT molecular complexity index is 921. The van der Waals surface area contributed by atoms with Crippen LogP contribution in [0.3, 0.4) is 0 Å². The highest BCUT2D eigenvalue weighted by atomic mass is 32.1. The molecule has 0 radical (unpaired) electrons. The standard InChI is InChI=1S/C17H15N3O3S/c1-10-2-7-13-14(8-10)24-17-15(13)16(18-9-19-17)23-12-5-3-11(4-6-12)20(21)22/h3-6,9-10H,2,7-8H2,1H3/t10-/m0/s1. The summed E-state index contributed by atoms with van der Waals surface area (Å²) in [6.07, 6.45) is 4.76. The van der Waals surface area contributed by atoms with Gasteiger partial charge in [-0.3, -0.25) is 10.1 Å². The van der Waals surface area contributed by atoms with Crippen LogP contribution in [0, 0.1) is 16.0 Å². The maximum absolute atomic E-state index is 10.7. The van der Waals surface area contributed by atoms with Crippen molar-refractivity contribution in [3.05, 3.63) is 51.1 Å². The SMILES string of the molecule is C[C@H]1CCc2c(sc3ncnc(Oc4ccc([N+](=O)[O-])cc4)c23)C1. The smallest absolute Gasteiger partial charge is 0.269 e. The molecule has 7 heteroatoms. The first-order chi connectivity index (χ1) is 11.6. The second-order valence-electron chi connectivity index (χ2n) is 6.06. The van der Waals surface area contributed by atoms with Gasteiger partial charge < -0.3 is 4.74 Å². The van der Waals surface area contributed by atoms with Gasteiger partial charge in [-0.15, -0.1) is 11.3 Å². The van der Waals surface area contributed by atoms with Crippen molar-refractivity contribution in [3.8, 4) is 11.6 Å². The second kappa shape index (κ2) is 5.83. The Morgan fingerprint density at radius 2 is 2.08 bits per heavy atom. The molecule has 0 N–H and O–H groups in total. The van der Waals surface area contributed by atoms with Crippen molar-refractivity contribution in [3.63, 3.8) is 0 Å². The van der Waals surface area contributed by atoms with E-state index in [1.54, 1.807) is 23.5 Å². The average Bonchev–Trinajstić information content (AvgIpc) is 2.93. The Morgan fingerprint density at radius 3 is 2.83 bits per heavy atom. The summed E-state index contributed by atoms with van der Waals surface area (Å²) in [5.74, 6) is 1.75. The summed E-state index contributed by atoms with van der Waals surface area (Å²) >= 11 is 1.71. The van der Waals surface area contributed by atoms with Gasteiger partial charge >= 0.3 is 0 Å². The molecule has 0 saturated carbocycles. The molecule has 0 spiro atoms. The predicted octanol–water partition coefficient (Wildman–Crippen LogP) is 4.52. The summed E-state index contributed by atoms with van der Waals surface area (Å²) in [7, 11) is 0. The van der Waals surface area contributed by atoms with Crippen LogP contribution in [-0.2, 0) is 12.8 Å². The molecule has 4 rings (SSSR count). The lowest BCUT2D eigenvalue weighted by atomic mass is 9.89. The first-order valence-electron chi connectivity index (χ1n) is 7.79. The molecule has 6 nitrogen and oxygen atoms in total. The van der Waals surface area contributed by atoms with E-state index in [1.165, 1.54) is 28.9 Å². The highest BCUT2D eigenvalue weighted by Crippen LogP contribution is 2.41. The molecule has 0 bridgehead atoms. The van der Waals surface area contributed by atoms with Gasteiger partial charge in [0.05, 0.1) is 10.3 Å². The van der Waals surface area contributed by atoms with E-state index in [-0.39, 0.29) is 5.69 Å². The third-order valence-electron chi connectivity index (χ3n) is 4.32. The molecule has 1 aliphatic rings. The molecular formula is C17H15N3O3S. The molecule has 24 heavy (non-hydrogen) atoms. The highest BCUT2D eigenvalue weighted by Gasteiger charge is 2.23. The van der Waals surface area contributed by atoms with Gasteiger partial charge in [-0.25, -0.2) is 9.97 Å². The van der Waals surface area contributed by atoms with Crippen LogP contribution in [0.2, 0.25) is 0 Å². The quantitative estimate of drug-likeness (QED) is 0.517. The van der Waals surface area contributed by atoms with Crippen molar-refractivity contribution in [2.24, 2.45) is 5.92 Å². The number of ether oxygens (including phenoxy) is 1. The van der Waals surface area contributed by atoms with E-state index in [4.69, 9.17) is 4.74 Å². The number of thiophene rings is 1. The Balaban J connectivity index is 1.73. The van der Waals surface area contributed by atoms with Crippen LogP contribution in [0.4, 0.5) is 5.69 Å². The number of hydrogen-bond acceptors (Lipinski definition) is 6. The van der Waals surface area contributed by atoms with Crippen molar-refractivity contribution >= 4 is 27.2 Å². The van der Waals surface area contributed by atoms with Gasteiger partial charge in [0.2, 0.25) is 5.88 Å². The summed E-state index contributed by atoms with van der Waals surface area (Å²) in [6, 6.07) is 6.04. The molecule has 0 saturated heterocycles. The number of rotatable bonds is 3. The number of fused-ring (bicyclic) bond motifs is 3. The van der Waals surface area contributed by atoms with Gasteiger partial charge in [0, 0.05) is 17.0 Å². The lowest BCUT2D eigenvalue weighted by Gasteiger charge is -2.18. The molecule has 0 amide bonds. The summed E-state index contributed by atoms with van der Waals surface area (Å²) in [6.45, 7) is 2.27. The first kappa shape index (κ1) is 15.0. The maximum atomic E-state index is 10.7. The van der Waals surface area contributed by atoms with Gasteiger partial charge in [-0.05, 0) is 42.9 Å². The molecule has 0 unspecified atom stereocenters. The Morgan fingerprint density at radius 1 is 1.29 bits per heavy atom. The van der Waals surface area contributed by atoms with Crippen molar-refractivity contribution < 1.29 is 9.66 Å². The topological polar surface area (TPSA) is 78.2 Å². The molecule has 1 aliphatic carbocycles. The van der Waals surface area contributed by atoms with Crippen LogP contribution in [0.5, 0.6) is 11.6 Å². The average molecular weight is 341 g/mol. The molecule has 2 aromatic heterocycles. The molecule has 122 valence electrons. The van der Waals surface area contributed by atoms with Crippen molar-refractivity contribution in [2.75, 3.05) is 0 Å². The van der Waals surface area contributed by atoms with E-state index in [9.17, 15) is 10.1 Å². The number of benzene rings is 1. The monoisotopic (exact) mass is 341 g/mol. The van der Waals surface area contributed by atoms with Crippen LogP contribution in [0.25, 0.3) is 10.2 Å². The van der Waals surface area contributed by atoms with Crippen molar-refractivity contribution in [1.82, 2.24) is 9.97 Å². The Kier molecular flexibility index (Phi) is 3.65. The fraction of sp³-hybridized carbons (Fsp3) is 0.294. The zero-order chi connectivity index (χ0) is 16.7. The molecule has 1 aromatic carbocycles. The van der Waals surface area contributed by atoms with E-state index < -0.39 is 4.92 Å². The highest BCUT2D eigenvalue weighted by molar-refractivity contribution is 7.18. The van der Waals surface area contributed by atoms with E-state index in [2.05, 4.69) is 16.9 Å². The van der Waals surface area contributed by atoms with Crippen LogP contribution in [0.15, 0.2) is 30.6 Å². The molecule has 0 aliphatic heterocycles. The molecule has 2 heterocycles. The zero-order valence-electron chi connectivity index (χ0n) is 13.1. The van der Waals surface area contributed by atoms with Crippen molar-refractivity contribution in [1.29, 1.82) is 0 Å². The Labute approximate surface area is 142 Å². The number of non-ortho nitro benzene ring substituents is 1. The van der Waals surface area contributed by atoms with Gasteiger partial charge in [0.25, 0.3) is 5.69 Å². The second-order valence-corrected chi connectivity index (χ2v) is 7.15. The minimum absolute atomic E-state index is 0.0390. The lowest BCUT2D eigenvalue weighted by Crippen LogP contribution is -2.08. The number of aromatic nitrogens is 2. The summed E-state index contributed by atoms with van der Waals surface area (Å²) < 4.78 is 5.91. The fourth-order valence-corrected chi connectivity index (χ4v) is 4.41. The largest absolute Gasteiger partial charge is 0.438 e. The molecule has 1 atom stereocenters. The van der Waals surface area contributed by atoms with Gasteiger partial charge in [-0.2, -0.15) is 0 Å². The normalized spacial score (nSPS) is 16.8. The van der Waals surface area contributed by atoms with Crippen LogP contribution < -0.4 is 4.74 Å². The zero-order valence-corrected chi connectivity index (χ0v) is 13.9. The first-order valence-corrected chi connectivity index (χ1v) is 8.61. The molecular weight excluding hydrogens is 326 g/mol. The minimum atomic E-state index is -0.427. The van der Waals surface area contributed by atoms with Gasteiger partial charge in [0.15, 0.2) is 0 Å². The predicted molar refractivity (Wildman–Crippen MR) is 91.8 cm³/mol. The number of nitro benzene ring substituents is 1. The van der Waals surface area contributed by atoms with Crippen LogP contribution in [-0.4, -0.2) is 14.9 Å². The molecule has 0 fully saturated rings. The number of nitro groups is 1. The number of aryl methyl sites for hydroxylation is 1. The van der Waals surface area contributed by atoms with E-state index >= 15 is 0 Å². The van der Waals surface area contributed by atoms with E-state index in [1.807, 2.05) is 0 Å². The van der Waals surface area contributed by atoms with Gasteiger partial charge in [0.1, 0.15) is 16.9 Å². The third-order valence-corrected chi connectivity index (χ3v) is 5.48. The lowest BCUT2D eigenvalue weighted by molar-refractivity contribution is -0.384. The van der Waals surface area contributed by atoms with E-state index in [0.29, 0.717) is 17.5 Å². The third kappa shape index (κ3) is 2.60. The molecule has 3 aromatic rings. The number of hydrogen-bond donors (Lipinski definition) is 0. The summed E-state index contributed by atoms with van der Waals surface area (Å²) in [5.41, 5.74) is 1.34. The van der Waals surface area contributed by atoms with Gasteiger partial charge in [-0.1, -0.05) is 6.92 Å². The van der Waals surface area contributed by atoms with E-state index in [0.717, 1.165) is 29.5 Å². The Hall–Kier alpha value is -2.54.